The lowest BCUT2D eigenvalue weighted by Crippen LogP contribution is -2.14. The molecule has 7 nitrogen and oxygen atoms in total. The molecule has 2 aromatic carbocycles. The largest absolute Gasteiger partial charge is 0.497 e. The summed E-state index contributed by atoms with van der Waals surface area (Å²) in [7, 11) is 3.17. The zero-order valence-corrected chi connectivity index (χ0v) is 16.2. The predicted molar refractivity (Wildman–Crippen MR) is 109 cm³/mol. The Morgan fingerprint density at radius 3 is 2.36 bits per heavy atom. The molecule has 2 N–H and O–H groups in total. The quantitative estimate of drug-likeness (QED) is 0.671. The van der Waals surface area contributed by atoms with E-state index in [0.29, 0.717) is 23.0 Å². The van der Waals surface area contributed by atoms with E-state index in [1.807, 2.05) is 32.0 Å². The molecular formula is C21H22N4O3. The number of anilines is 3. The number of carbonyl (C=O) groups excluding carboxylic acids is 1. The van der Waals surface area contributed by atoms with E-state index in [4.69, 9.17) is 9.47 Å². The van der Waals surface area contributed by atoms with Gasteiger partial charge < -0.3 is 20.1 Å². The zero-order valence-electron chi connectivity index (χ0n) is 16.2. The van der Waals surface area contributed by atoms with Crippen molar-refractivity contribution >= 4 is 23.1 Å². The predicted octanol–water partition coefficient (Wildman–Crippen LogP) is 4.11. The maximum atomic E-state index is 12.4. The molecular weight excluding hydrogens is 356 g/mol. The van der Waals surface area contributed by atoms with Gasteiger partial charge in [0, 0.05) is 11.8 Å². The Morgan fingerprint density at radius 1 is 0.893 bits per heavy atom. The number of nitrogens with one attached hydrogen (secondary N) is 2. The van der Waals surface area contributed by atoms with Crippen LogP contribution in [-0.2, 0) is 0 Å². The minimum Gasteiger partial charge on any atom is -0.497 e. The summed E-state index contributed by atoms with van der Waals surface area (Å²) in [4.78, 5) is 12.4. The highest BCUT2D eigenvalue weighted by Gasteiger charge is 2.11. The Bertz CT molecular complexity index is 987. The highest BCUT2D eigenvalue weighted by molar-refractivity contribution is 6.02. The van der Waals surface area contributed by atoms with Gasteiger partial charge in [-0.1, -0.05) is 6.07 Å². The lowest BCUT2D eigenvalue weighted by Gasteiger charge is -2.12. The van der Waals surface area contributed by atoms with E-state index in [9.17, 15) is 4.79 Å². The van der Waals surface area contributed by atoms with Crippen molar-refractivity contribution in [1.82, 2.24) is 10.2 Å². The van der Waals surface area contributed by atoms with Gasteiger partial charge in [0.2, 0.25) is 0 Å². The normalized spacial score (nSPS) is 10.3. The van der Waals surface area contributed by atoms with Crippen LogP contribution in [0, 0.1) is 13.8 Å². The number of rotatable bonds is 6. The van der Waals surface area contributed by atoms with Gasteiger partial charge in [0.05, 0.1) is 19.9 Å². The first-order chi connectivity index (χ1) is 13.5. The number of methoxy groups -OCH3 is 2. The monoisotopic (exact) mass is 378 g/mol. The van der Waals surface area contributed by atoms with Crippen LogP contribution in [0.2, 0.25) is 0 Å². The SMILES string of the molecule is COc1ccc(OC)c(Nc2ccc(C(=O)Nc3ccc(C)c(C)c3)nn2)c1. The average molecular weight is 378 g/mol. The Kier molecular flexibility index (Phi) is 5.74. The second-order valence-electron chi connectivity index (χ2n) is 6.25. The van der Waals surface area contributed by atoms with Gasteiger partial charge in [-0.15, -0.1) is 10.2 Å². The molecule has 0 saturated heterocycles. The summed E-state index contributed by atoms with van der Waals surface area (Å²) in [5, 5.41) is 14.0. The average Bonchev–Trinajstić information content (AvgIpc) is 2.71. The van der Waals surface area contributed by atoms with Crippen LogP contribution in [0.25, 0.3) is 0 Å². The van der Waals surface area contributed by atoms with Gasteiger partial charge in [0.1, 0.15) is 11.5 Å². The minimum absolute atomic E-state index is 0.224. The number of hydrogen-bond donors (Lipinski definition) is 2. The highest BCUT2D eigenvalue weighted by atomic mass is 16.5. The summed E-state index contributed by atoms with van der Waals surface area (Å²) in [6.45, 7) is 4.02. The third-order valence-electron chi connectivity index (χ3n) is 4.33. The van der Waals surface area contributed by atoms with Crippen LogP contribution in [-0.4, -0.2) is 30.3 Å². The fourth-order valence-electron chi connectivity index (χ4n) is 2.58. The van der Waals surface area contributed by atoms with Gasteiger partial charge in [-0.2, -0.15) is 0 Å². The molecule has 0 unspecified atom stereocenters. The summed E-state index contributed by atoms with van der Waals surface area (Å²) in [6.07, 6.45) is 0. The van der Waals surface area contributed by atoms with E-state index in [2.05, 4.69) is 20.8 Å². The Hall–Kier alpha value is -3.61. The topological polar surface area (TPSA) is 85.4 Å². The fourth-order valence-corrected chi connectivity index (χ4v) is 2.58. The number of aromatic nitrogens is 2. The molecule has 144 valence electrons. The van der Waals surface area contributed by atoms with Gasteiger partial charge in [0.15, 0.2) is 11.5 Å². The molecule has 0 saturated carbocycles. The first-order valence-corrected chi connectivity index (χ1v) is 8.71. The third-order valence-corrected chi connectivity index (χ3v) is 4.33. The summed E-state index contributed by atoms with van der Waals surface area (Å²) >= 11 is 0. The molecule has 28 heavy (non-hydrogen) atoms. The van der Waals surface area contributed by atoms with Crippen LogP contribution >= 0.6 is 0 Å². The minimum atomic E-state index is -0.318. The van der Waals surface area contributed by atoms with Crippen LogP contribution in [0.5, 0.6) is 11.5 Å². The van der Waals surface area contributed by atoms with Crippen molar-refractivity contribution in [2.24, 2.45) is 0 Å². The molecule has 0 atom stereocenters. The molecule has 0 bridgehead atoms. The number of ether oxygens (including phenoxy) is 2. The van der Waals surface area contributed by atoms with E-state index in [1.165, 1.54) is 5.56 Å². The summed E-state index contributed by atoms with van der Waals surface area (Å²) < 4.78 is 10.6. The summed E-state index contributed by atoms with van der Waals surface area (Å²) in [5.74, 6) is 1.48. The number of nitrogens with zero attached hydrogens (tertiary/aromatic N) is 2. The molecule has 0 spiro atoms. The second-order valence-corrected chi connectivity index (χ2v) is 6.25. The van der Waals surface area contributed by atoms with E-state index in [0.717, 1.165) is 11.3 Å². The summed E-state index contributed by atoms with van der Waals surface area (Å²) in [6, 6.07) is 14.4. The molecule has 1 amide bonds. The van der Waals surface area contributed by atoms with Gasteiger partial charge >= 0.3 is 0 Å². The third kappa shape index (κ3) is 4.37. The van der Waals surface area contributed by atoms with Crippen molar-refractivity contribution in [3.05, 3.63) is 65.4 Å². The van der Waals surface area contributed by atoms with Crippen molar-refractivity contribution in [3.63, 3.8) is 0 Å². The lowest BCUT2D eigenvalue weighted by molar-refractivity contribution is 0.102. The van der Waals surface area contributed by atoms with Crippen LogP contribution < -0.4 is 20.1 Å². The molecule has 0 aliphatic carbocycles. The maximum absolute atomic E-state index is 12.4. The number of hydrogen-bond acceptors (Lipinski definition) is 6. The molecule has 1 aromatic heterocycles. The van der Waals surface area contributed by atoms with Crippen molar-refractivity contribution in [3.8, 4) is 11.5 Å². The molecule has 0 fully saturated rings. The molecule has 0 radical (unpaired) electrons. The van der Waals surface area contributed by atoms with Crippen molar-refractivity contribution < 1.29 is 14.3 Å². The molecule has 0 aliphatic heterocycles. The van der Waals surface area contributed by atoms with Crippen molar-refractivity contribution in [2.75, 3.05) is 24.9 Å². The first kappa shape index (κ1) is 19.2. The molecule has 1 heterocycles. The number of aryl methyl sites for hydroxylation is 2. The van der Waals surface area contributed by atoms with Crippen LogP contribution in [0.15, 0.2) is 48.5 Å². The van der Waals surface area contributed by atoms with Gasteiger partial charge in [-0.3, -0.25) is 4.79 Å². The Labute approximate surface area is 163 Å². The smallest absolute Gasteiger partial charge is 0.276 e. The van der Waals surface area contributed by atoms with Gasteiger partial charge in [-0.05, 0) is 61.4 Å². The summed E-state index contributed by atoms with van der Waals surface area (Å²) in [5.41, 5.74) is 3.90. The van der Waals surface area contributed by atoms with E-state index >= 15 is 0 Å². The van der Waals surface area contributed by atoms with E-state index in [-0.39, 0.29) is 11.6 Å². The Morgan fingerprint density at radius 2 is 1.71 bits per heavy atom. The zero-order chi connectivity index (χ0) is 20.1. The van der Waals surface area contributed by atoms with Crippen LogP contribution in [0.4, 0.5) is 17.2 Å². The van der Waals surface area contributed by atoms with Crippen LogP contribution in [0.3, 0.4) is 0 Å². The number of carbonyl (C=O) groups is 1. The van der Waals surface area contributed by atoms with Crippen molar-refractivity contribution in [1.29, 1.82) is 0 Å². The first-order valence-electron chi connectivity index (χ1n) is 8.71. The van der Waals surface area contributed by atoms with E-state index < -0.39 is 0 Å². The lowest BCUT2D eigenvalue weighted by atomic mass is 10.1. The number of amides is 1. The fraction of sp³-hybridized carbons (Fsp3) is 0.190. The molecule has 0 aliphatic rings. The second kappa shape index (κ2) is 8.39. The molecule has 3 aromatic rings. The van der Waals surface area contributed by atoms with Crippen LogP contribution in [0.1, 0.15) is 21.6 Å². The molecule has 7 heteroatoms. The van der Waals surface area contributed by atoms with E-state index in [1.54, 1.807) is 44.6 Å². The number of benzene rings is 2. The van der Waals surface area contributed by atoms with Crippen molar-refractivity contribution in [2.45, 2.75) is 13.8 Å². The Balaban J connectivity index is 1.72. The van der Waals surface area contributed by atoms with Gasteiger partial charge in [-0.25, -0.2) is 0 Å². The van der Waals surface area contributed by atoms with Gasteiger partial charge in [0.25, 0.3) is 5.91 Å². The highest BCUT2D eigenvalue weighted by Crippen LogP contribution is 2.30. The maximum Gasteiger partial charge on any atom is 0.276 e. The standard InChI is InChI=1S/C21H22N4O3/c1-13-5-6-15(11-14(13)2)22-21(26)17-8-10-20(25-24-17)23-18-12-16(27-3)7-9-19(18)28-4/h5-12H,1-4H3,(H,22,26)(H,23,25). The molecule has 3 rings (SSSR count).